The van der Waals surface area contributed by atoms with E-state index in [2.05, 4.69) is 13.8 Å². The van der Waals surface area contributed by atoms with Gasteiger partial charge < -0.3 is 10.5 Å². The highest BCUT2D eigenvalue weighted by atomic mass is 16.5. The van der Waals surface area contributed by atoms with E-state index in [-0.39, 0.29) is 11.9 Å². The second-order valence-corrected chi connectivity index (χ2v) is 4.82. The molecule has 96 valence electrons. The van der Waals surface area contributed by atoms with Gasteiger partial charge >= 0.3 is 5.97 Å². The summed E-state index contributed by atoms with van der Waals surface area (Å²) in [5, 5.41) is 0. The monoisotopic (exact) mass is 229 g/mol. The Labute approximate surface area is 99.7 Å². The molecule has 0 amide bonds. The topological polar surface area (TPSA) is 52.3 Å². The van der Waals surface area contributed by atoms with E-state index in [4.69, 9.17) is 10.5 Å². The highest BCUT2D eigenvalue weighted by Gasteiger charge is 2.19. The number of ether oxygens (including phenoxy) is 1. The maximum Gasteiger partial charge on any atom is 0.323 e. The van der Waals surface area contributed by atoms with Crippen molar-refractivity contribution in [3.63, 3.8) is 0 Å². The number of carbonyl (C=O) groups excluding carboxylic acids is 1. The molecule has 0 aliphatic rings. The summed E-state index contributed by atoms with van der Waals surface area (Å²) in [7, 11) is 0. The highest BCUT2D eigenvalue weighted by Crippen LogP contribution is 2.13. The fourth-order valence-electron chi connectivity index (χ4n) is 1.47. The van der Waals surface area contributed by atoms with Gasteiger partial charge in [0.2, 0.25) is 0 Å². The molecule has 0 aromatic rings. The van der Waals surface area contributed by atoms with Gasteiger partial charge in [-0.1, -0.05) is 47.0 Å². The number of nitrogens with two attached hydrogens (primary N) is 1. The van der Waals surface area contributed by atoms with Gasteiger partial charge in [0.25, 0.3) is 0 Å². The predicted octanol–water partition coefficient (Wildman–Crippen LogP) is 2.73. The van der Waals surface area contributed by atoms with Crippen LogP contribution in [0.25, 0.3) is 0 Å². The number of hydrogen-bond acceptors (Lipinski definition) is 3. The summed E-state index contributed by atoms with van der Waals surface area (Å²) >= 11 is 0. The largest absolute Gasteiger partial charge is 0.464 e. The van der Waals surface area contributed by atoms with Crippen LogP contribution in [0.1, 0.15) is 53.4 Å². The third kappa shape index (κ3) is 6.11. The zero-order valence-electron chi connectivity index (χ0n) is 11.2. The molecule has 0 fully saturated rings. The van der Waals surface area contributed by atoms with Gasteiger partial charge in [-0.25, -0.2) is 0 Å². The smallest absolute Gasteiger partial charge is 0.323 e. The molecule has 2 unspecified atom stereocenters. The van der Waals surface area contributed by atoms with Gasteiger partial charge in [-0.15, -0.1) is 0 Å². The summed E-state index contributed by atoms with van der Waals surface area (Å²) in [6.45, 7) is 8.69. The molecule has 0 bridgehead atoms. The molecule has 0 aliphatic carbocycles. The van der Waals surface area contributed by atoms with E-state index in [9.17, 15) is 4.79 Å². The lowest BCUT2D eigenvalue weighted by molar-refractivity contribution is -0.147. The average Bonchev–Trinajstić information content (AvgIpc) is 2.27. The molecule has 0 heterocycles. The summed E-state index contributed by atoms with van der Waals surface area (Å²) in [6.07, 6.45) is 4.59. The van der Waals surface area contributed by atoms with Gasteiger partial charge in [0.15, 0.2) is 0 Å². The van der Waals surface area contributed by atoms with Crippen LogP contribution in [0.15, 0.2) is 0 Å². The zero-order chi connectivity index (χ0) is 12.6. The molecule has 0 spiro atoms. The lowest BCUT2D eigenvalue weighted by atomic mass is 10.0. The van der Waals surface area contributed by atoms with Crippen LogP contribution < -0.4 is 5.73 Å². The van der Waals surface area contributed by atoms with Crippen molar-refractivity contribution in [2.75, 3.05) is 6.61 Å². The number of unbranched alkanes of at least 4 members (excludes halogenated alkanes) is 1. The molecule has 3 nitrogen and oxygen atoms in total. The lowest BCUT2D eigenvalue weighted by Gasteiger charge is -2.18. The second kappa shape index (κ2) is 8.57. The van der Waals surface area contributed by atoms with E-state index in [1.165, 1.54) is 12.8 Å². The summed E-state index contributed by atoms with van der Waals surface area (Å²) in [5.41, 5.74) is 5.71. The van der Waals surface area contributed by atoms with E-state index < -0.39 is 6.04 Å². The predicted molar refractivity (Wildman–Crippen MR) is 67.1 cm³/mol. The van der Waals surface area contributed by atoms with Crippen molar-refractivity contribution in [1.29, 1.82) is 0 Å². The third-order valence-electron chi connectivity index (χ3n) is 2.99. The highest BCUT2D eigenvalue weighted by molar-refractivity contribution is 5.75. The van der Waals surface area contributed by atoms with Crippen molar-refractivity contribution in [2.45, 2.75) is 59.4 Å². The fraction of sp³-hybridized carbons (Fsp3) is 0.923. The van der Waals surface area contributed by atoms with E-state index in [0.29, 0.717) is 12.5 Å². The van der Waals surface area contributed by atoms with Crippen LogP contribution in [0, 0.1) is 11.8 Å². The molecule has 2 N–H and O–H groups in total. The normalized spacial score (nSPS) is 14.9. The van der Waals surface area contributed by atoms with E-state index in [0.717, 1.165) is 12.8 Å². The van der Waals surface area contributed by atoms with Gasteiger partial charge in [-0.2, -0.15) is 0 Å². The lowest BCUT2D eigenvalue weighted by Crippen LogP contribution is -2.37. The molecule has 0 saturated heterocycles. The minimum absolute atomic E-state index is 0.142. The van der Waals surface area contributed by atoms with Crippen molar-refractivity contribution in [3.05, 3.63) is 0 Å². The number of rotatable bonds is 8. The molecule has 3 heteroatoms. The second-order valence-electron chi connectivity index (χ2n) is 4.82. The van der Waals surface area contributed by atoms with Gasteiger partial charge in [0.05, 0.1) is 6.61 Å². The molecule has 0 rings (SSSR count). The fourth-order valence-corrected chi connectivity index (χ4v) is 1.47. The first kappa shape index (κ1) is 15.4. The van der Waals surface area contributed by atoms with Gasteiger partial charge in [0.1, 0.15) is 6.04 Å². The Kier molecular flexibility index (Phi) is 8.26. The van der Waals surface area contributed by atoms with Crippen molar-refractivity contribution < 1.29 is 9.53 Å². The number of hydrogen-bond donors (Lipinski definition) is 1. The Morgan fingerprint density at radius 2 is 1.94 bits per heavy atom. The van der Waals surface area contributed by atoms with E-state index in [1.54, 1.807) is 0 Å². The van der Waals surface area contributed by atoms with Crippen LogP contribution in [-0.4, -0.2) is 18.6 Å². The van der Waals surface area contributed by atoms with Crippen LogP contribution in [0.2, 0.25) is 0 Å². The molecule has 0 aromatic carbocycles. The summed E-state index contributed by atoms with van der Waals surface area (Å²) in [5.74, 6) is 0.372. The maximum absolute atomic E-state index is 11.5. The molecule has 16 heavy (non-hydrogen) atoms. The van der Waals surface area contributed by atoms with Crippen LogP contribution in [-0.2, 0) is 9.53 Å². The summed E-state index contributed by atoms with van der Waals surface area (Å²) < 4.78 is 5.25. The van der Waals surface area contributed by atoms with E-state index >= 15 is 0 Å². The van der Waals surface area contributed by atoms with Crippen molar-refractivity contribution in [1.82, 2.24) is 0 Å². The molecule has 2 atom stereocenters. The molecular weight excluding hydrogens is 202 g/mol. The van der Waals surface area contributed by atoms with Gasteiger partial charge in [-0.3, -0.25) is 4.79 Å². The third-order valence-corrected chi connectivity index (χ3v) is 2.99. The van der Waals surface area contributed by atoms with Crippen molar-refractivity contribution >= 4 is 5.97 Å². The summed E-state index contributed by atoms with van der Waals surface area (Å²) in [4.78, 5) is 11.5. The number of esters is 1. The summed E-state index contributed by atoms with van der Waals surface area (Å²) in [6, 6.07) is -0.483. The Balaban J connectivity index is 3.87. The molecule has 0 saturated carbocycles. The molecule has 0 aliphatic heterocycles. The van der Waals surface area contributed by atoms with Crippen LogP contribution in [0.3, 0.4) is 0 Å². The first-order valence-electron chi connectivity index (χ1n) is 6.45. The first-order valence-corrected chi connectivity index (χ1v) is 6.45. The van der Waals surface area contributed by atoms with E-state index in [1.807, 2.05) is 13.8 Å². The Morgan fingerprint density at radius 3 is 2.38 bits per heavy atom. The first-order chi connectivity index (χ1) is 7.52. The zero-order valence-corrected chi connectivity index (χ0v) is 11.2. The maximum atomic E-state index is 11.5. The average molecular weight is 229 g/mol. The Hall–Kier alpha value is -0.570. The van der Waals surface area contributed by atoms with Gasteiger partial charge in [-0.05, 0) is 18.3 Å². The minimum atomic E-state index is -0.483. The number of carbonyl (C=O) groups is 1. The molecule has 0 radical (unpaired) electrons. The van der Waals surface area contributed by atoms with Crippen LogP contribution >= 0.6 is 0 Å². The minimum Gasteiger partial charge on any atom is -0.464 e. The molecular formula is C13H27NO2. The van der Waals surface area contributed by atoms with Crippen molar-refractivity contribution in [3.8, 4) is 0 Å². The quantitative estimate of drug-likeness (QED) is 0.651. The Morgan fingerprint density at radius 1 is 1.31 bits per heavy atom. The SMILES string of the molecule is CCCCC(CC)COC(=O)C(N)C(C)C. The van der Waals surface area contributed by atoms with Gasteiger partial charge in [0, 0.05) is 0 Å². The standard InChI is InChI=1S/C13H27NO2/c1-5-7-8-11(6-2)9-16-13(15)12(14)10(3)4/h10-12H,5-9,14H2,1-4H3. The molecule has 0 aromatic heterocycles. The van der Waals surface area contributed by atoms with Crippen LogP contribution in [0.5, 0.6) is 0 Å². The Bertz CT molecular complexity index is 192. The van der Waals surface area contributed by atoms with Crippen LogP contribution in [0.4, 0.5) is 0 Å². The van der Waals surface area contributed by atoms with Crippen molar-refractivity contribution in [2.24, 2.45) is 17.6 Å².